The van der Waals surface area contributed by atoms with Crippen LogP contribution in [0.3, 0.4) is 0 Å². The molecule has 0 amide bonds. The number of alkyl halides is 1. The zero-order valence-electron chi connectivity index (χ0n) is 14.1. The van der Waals surface area contributed by atoms with Crippen molar-refractivity contribution in [3.63, 3.8) is 0 Å². The van der Waals surface area contributed by atoms with Gasteiger partial charge in [-0.3, -0.25) is 0 Å². The van der Waals surface area contributed by atoms with Gasteiger partial charge in [0.15, 0.2) is 0 Å². The highest BCUT2D eigenvalue weighted by molar-refractivity contribution is 6.61. The van der Waals surface area contributed by atoms with E-state index in [1.54, 1.807) is 0 Å². The van der Waals surface area contributed by atoms with Gasteiger partial charge in [-0.15, -0.1) is 11.6 Å². The van der Waals surface area contributed by atoms with Crippen LogP contribution in [0.2, 0.25) is 6.04 Å². The summed E-state index contributed by atoms with van der Waals surface area (Å²) >= 11 is 5.91. The summed E-state index contributed by atoms with van der Waals surface area (Å²) in [4.78, 5) is 0. The van der Waals surface area contributed by atoms with Crippen molar-refractivity contribution in [2.75, 3.05) is 65.3 Å². The SMILES string of the molecule is CCOCCO[Si](CCCl)(OCCOCC)OCCOCC. The molecule has 0 radical (unpaired) electrons. The van der Waals surface area contributed by atoms with Crippen molar-refractivity contribution in [2.45, 2.75) is 26.8 Å². The van der Waals surface area contributed by atoms with Gasteiger partial charge in [0.05, 0.1) is 39.6 Å². The summed E-state index contributed by atoms with van der Waals surface area (Å²) in [5.74, 6) is 0.421. The number of hydrogen-bond acceptors (Lipinski definition) is 6. The fraction of sp³-hybridized carbons (Fsp3) is 1.00. The Morgan fingerprint density at radius 2 is 1.00 bits per heavy atom. The third-order valence-corrected chi connectivity index (χ3v) is 5.96. The molecule has 134 valence electrons. The van der Waals surface area contributed by atoms with E-state index in [9.17, 15) is 0 Å². The Kier molecular flexibility index (Phi) is 16.3. The first-order chi connectivity index (χ1) is 10.7. The molecule has 0 aromatic heterocycles. The highest BCUT2D eigenvalue weighted by atomic mass is 35.5. The minimum absolute atomic E-state index is 0.421. The van der Waals surface area contributed by atoms with Gasteiger partial charge in [0.1, 0.15) is 0 Å². The van der Waals surface area contributed by atoms with Crippen molar-refractivity contribution >= 4 is 20.4 Å². The predicted octanol–water partition coefficient (Wildman–Crippen LogP) is 2.32. The number of rotatable bonds is 17. The third-order valence-electron chi connectivity index (χ3n) is 2.66. The van der Waals surface area contributed by atoms with E-state index in [0.29, 0.717) is 71.4 Å². The highest BCUT2D eigenvalue weighted by Gasteiger charge is 2.40. The maximum atomic E-state index is 5.91. The van der Waals surface area contributed by atoms with E-state index in [1.165, 1.54) is 0 Å². The second-order valence-electron chi connectivity index (χ2n) is 4.26. The zero-order valence-corrected chi connectivity index (χ0v) is 15.9. The van der Waals surface area contributed by atoms with Crippen molar-refractivity contribution < 1.29 is 27.5 Å². The summed E-state index contributed by atoms with van der Waals surface area (Å²) in [6.07, 6.45) is 0. The quantitative estimate of drug-likeness (QED) is 0.226. The summed E-state index contributed by atoms with van der Waals surface area (Å²) in [6.45, 7) is 10.6. The molecular weight excluding hydrogens is 328 g/mol. The van der Waals surface area contributed by atoms with Crippen molar-refractivity contribution in [1.29, 1.82) is 0 Å². The molecule has 0 bridgehead atoms. The maximum absolute atomic E-state index is 5.91. The topological polar surface area (TPSA) is 55.4 Å². The fourth-order valence-electron chi connectivity index (χ4n) is 1.66. The Morgan fingerprint density at radius 1 is 0.636 bits per heavy atom. The second kappa shape index (κ2) is 16.1. The van der Waals surface area contributed by atoms with Gasteiger partial charge in [-0.2, -0.15) is 0 Å². The molecule has 8 heteroatoms. The maximum Gasteiger partial charge on any atom is 0.502 e. The van der Waals surface area contributed by atoms with Gasteiger partial charge < -0.3 is 27.5 Å². The van der Waals surface area contributed by atoms with E-state index in [-0.39, 0.29) is 0 Å². The van der Waals surface area contributed by atoms with Gasteiger partial charge in [0, 0.05) is 31.7 Å². The van der Waals surface area contributed by atoms with Crippen LogP contribution in [0, 0.1) is 0 Å². The lowest BCUT2D eigenvalue weighted by atomic mass is 10.8. The zero-order chi connectivity index (χ0) is 16.5. The Balaban J connectivity index is 4.39. The van der Waals surface area contributed by atoms with Gasteiger partial charge in [-0.1, -0.05) is 0 Å². The summed E-state index contributed by atoms with van der Waals surface area (Å²) in [5.41, 5.74) is 0. The Morgan fingerprint density at radius 3 is 1.27 bits per heavy atom. The lowest BCUT2D eigenvalue weighted by Crippen LogP contribution is -2.48. The first-order valence-electron chi connectivity index (χ1n) is 7.95. The molecule has 6 nitrogen and oxygen atoms in total. The Hall–Kier alpha value is 0.267. The monoisotopic (exact) mass is 358 g/mol. The van der Waals surface area contributed by atoms with Gasteiger partial charge in [0.2, 0.25) is 0 Å². The molecule has 0 aliphatic heterocycles. The van der Waals surface area contributed by atoms with Crippen molar-refractivity contribution in [1.82, 2.24) is 0 Å². The number of halogens is 1. The van der Waals surface area contributed by atoms with Gasteiger partial charge in [-0.25, -0.2) is 0 Å². The highest BCUT2D eigenvalue weighted by Crippen LogP contribution is 2.17. The summed E-state index contributed by atoms with van der Waals surface area (Å²) in [5, 5.41) is 0. The molecule has 0 saturated carbocycles. The first-order valence-corrected chi connectivity index (χ1v) is 10.4. The van der Waals surface area contributed by atoms with Crippen molar-refractivity contribution in [2.24, 2.45) is 0 Å². The molecule has 0 heterocycles. The lowest BCUT2D eigenvalue weighted by molar-refractivity contribution is 0.00431. The summed E-state index contributed by atoms with van der Waals surface area (Å²) in [6, 6.07) is 0.554. The minimum Gasteiger partial charge on any atom is -0.379 e. The minimum atomic E-state index is -2.82. The fourth-order valence-corrected chi connectivity index (χ4v) is 4.45. The molecule has 0 N–H and O–H groups in total. The number of ether oxygens (including phenoxy) is 3. The summed E-state index contributed by atoms with van der Waals surface area (Å²) in [7, 11) is -2.82. The molecular formula is C14H31ClO6Si. The largest absolute Gasteiger partial charge is 0.502 e. The van der Waals surface area contributed by atoms with E-state index in [4.69, 9.17) is 39.1 Å². The van der Waals surface area contributed by atoms with Crippen LogP contribution in [0.25, 0.3) is 0 Å². The molecule has 0 fully saturated rings. The van der Waals surface area contributed by atoms with Crippen LogP contribution < -0.4 is 0 Å². The van der Waals surface area contributed by atoms with Crippen LogP contribution in [0.4, 0.5) is 0 Å². The van der Waals surface area contributed by atoms with E-state index in [1.807, 2.05) is 20.8 Å². The van der Waals surface area contributed by atoms with Crippen LogP contribution in [-0.4, -0.2) is 74.1 Å². The Bertz CT molecular complexity index is 204. The Labute approximate surface area is 140 Å². The predicted molar refractivity (Wildman–Crippen MR) is 88.6 cm³/mol. The molecule has 22 heavy (non-hydrogen) atoms. The molecule has 0 aromatic carbocycles. The second-order valence-corrected chi connectivity index (χ2v) is 7.37. The van der Waals surface area contributed by atoms with Gasteiger partial charge in [0.25, 0.3) is 0 Å². The molecule has 0 aromatic rings. The van der Waals surface area contributed by atoms with Crippen LogP contribution in [0.1, 0.15) is 20.8 Å². The van der Waals surface area contributed by atoms with Crippen molar-refractivity contribution in [3.05, 3.63) is 0 Å². The van der Waals surface area contributed by atoms with E-state index in [0.717, 1.165) is 0 Å². The molecule has 0 aliphatic carbocycles. The van der Waals surface area contributed by atoms with Gasteiger partial charge >= 0.3 is 8.80 Å². The molecule has 0 rings (SSSR count). The standard InChI is InChI=1S/C14H31ClO6Si/c1-4-16-8-11-19-22(14-7-15,20-12-9-17-5-2)21-13-10-18-6-3/h4-14H2,1-3H3. The van der Waals surface area contributed by atoms with Gasteiger partial charge in [-0.05, 0) is 20.8 Å². The molecule has 0 atom stereocenters. The van der Waals surface area contributed by atoms with Crippen LogP contribution >= 0.6 is 11.6 Å². The van der Waals surface area contributed by atoms with Crippen LogP contribution in [0.15, 0.2) is 0 Å². The van der Waals surface area contributed by atoms with Crippen molar-refractivity contribution in [3.8, 4) is 0 Å². The molecule has 0 spiro atoms. The smallest absolute Gasteiger partial charge is 0.379 e. The normalized spacial score (nSPS) is 12.0. The number of hydrogen-bond donors (Lipinski definition) is 0. The average molecular weight is 359 g/mol. The third kappa shape index (κ3) is 11.8. The van der Waals surface area contributed by atoms with E-state index >= 15 is 0 Å². The molecule has 0 aliphatic rings. The average Bonchev–Trinajstić information content (AvgIpc) is 2.53. The lowest BCUT2D eigenvalue weighted by Gasteiger charge is -2.29. The summed E-state index contributed by atoms with van der Waals surface area (Å²) < 4.78 is 33.6. The van der Waals surface area contributed by atoms with Crippen LogP contribution in [-0.2, 0) is 27.5 Å². The van der Waals surface area contributed by atoms with E-state index in [2.05, 4.69) is 0 Å². The van der Waals surface area contributed by atoms with E-state index < -0.39 is 8.80 Å². The van der Waals surface area contributed by atoms with Crippen LogP contribution in [0.5, 0.6) is 0 Å². The molecule has 0 unspecified atom stereocenters. The first kappa shape index (κ1) is 22.3. The molecule has 0 saturated heterocycles.